The van der Waals surface area contributed by atoms with Gasteiger partial charge in [-0.2, -0.15) is 0 Å². The highest BCUT2D eigenvalue weighted by molar-refractivity contribution is 7.92. The maximum absolute atomic E-state index is 12.8. The first-order valence-electron chi connectivity index (χ1n) is 6.88. The molecule has 0 radical (unpaired) electrons. The Hall–Kier alpha value is -2.34. The SMILES string of the molecule is CCCN(c1ccc(C(=O)O)cc1)S(=O)(=O)c1ccccc1. The van der Waals surface area contributed by atoms with Crippen LogP contribution in [-0.4, -0.2) is 26.0 Å². The van der Waals surface area contributed by atoms with Crippen LogP contribution < -0.4 is 4.31 Å². The molecule has 0 amide bonds. The Balaban J connectivity index is 2.44. The Morgan fingerprint density at radius 2 is 1.64 bits per heavy atom. The van der Waals surface area contributed by atoms with E-state index >= 15 is 0 Å². The predicted molar refractivity (Wildman–Crippen MR) is 84.7 cm³/mol. The number of hydrogen-bond donors (Lipinski definition) is 1. The standard InChI is InChI=1S/C16H17NO4S/c1-2-12-17(14-10-8-13(9-11-14)16(18)19)22(20,21)15-6-4-3-5-7-15/h3-11H,2,12H2,1H3,(H,18,19). The third-order valence-corrected chi connectivity index (χ3v) is 5.00. The number of carboxylic acids is 1. The third-order valence-electron chi connectivity index (χ3n) is 3.16. The molecule has 0 aliphatic rings. The number of anilines is 1. The molecule has 0 fully saturated rings. The van der Waals surface area contributed by atoms with Crippen LogP contribution in [-0.2, 0) is 10.0 Å². The Kier molecular flexibility index (Phi) is 4.82. The van der Waals surface area contributed by atoms with Crippen molar-refractivity contribution >= 4 is 21.7 Å². The van der Waals surface area contributed by atoms with E-state index in [0.717, 1.165) is 0 Å². The van der Waals surface area contributed by atoms with E-state index in [0.29, 0.717) is 18.7 Å². The van der Waals surface area contributed by atoms with Crippen LogP contribution in [0.25, 0.3) is 0 Å². The number of nitrogens with zero attached hydrogens (tertiary/aromatic N) is 1. The van der Waals surface area contributed by atoms with Gasteiger partial charge in [0.2, 0.25) is 0 Å². The number of aromatic carboxylic acids is 1. The van der Waals surface area contributed by atoms with Crippen molar-refractivity contribution in [1.29, 1.82) is 0 Å². The summed E-state index contributed by atoms with van der Waals surface area (Å²) in [5.74, 6) is -1.04. The summed E-state index contributed by atoms with van der Waals surface area (Å²) in [6.45, 7) is 2.21. The largest absolute Gasteiger partial charge is 0.478 e. The molecule has 116 valence electrons. The molecule has 0 aromatic heterocycles. The van der Waals surface area contributed by atoms with Crippen molar-refractivity contribution in [2.24, 2.45) is 0 Å². The average Bonchev–Trinajstić information content (AvgIpc) is 2.53. The molecule has 1 N–H and O–H groups in total. The highest BCUT2D eigenvalue weighted by Crippen LogP contribution is 2.24. The molecule has 6 heteroatoms. The minimum Gasteiger partial charge on any atom is -0.478 e. The highest BCUT2D eigenvalue weighted by Gasteiger charge is 2.24. The molecule has 2 aromatic rings. The Labute approximate surface area is 129 Å². The third kappa shape index (κ3) is 3.28. The van der Waals surface area contributed by atoms with Crippen LogP contribution in [0.2, 0.25) is 0 Å². The van der Waals surface area contributed by atoms with E-state index in [2.05, 4.69) is 0 Å². The number of sulfonamides is 1. The van der Waals surface area contributed by atoms with Gasteiger partial charge in [0.05, 0.1) is 16.1 Å². The summed E-state index contributed by atoms with van der Waals surface area (Å²) < 4.78 is 26.8. The molecule has 0 unspecified atom stereocenters. The summed E-state index contributed by atoms with van der Waals surface area (Å²) in [7, 11) is -3.66. The van der Waals surface area contributed by atoms with Gasteiger partial charge < -0.3 is 5.11 Å². The predicted octanol–water partition coefficient (Wildman–Crippen LogP) is 2.99. The summed E-state index contributed by atoms with van der Waals surface area (Å²) in [4.78, 5) is 11.1. The molecule has 0 spiro atoms. The lowest BCUT2D eigenvalue weighted by atomic mass is 10.2. The Morgan fingerprint density at radius 1 is 1.05 bits per heavy atom. The normalized spacial score (nSPS) is 11.1. The van der Waals surface area contributed by atoms with Gasteiger partial charge in [-0.3, -0.25) is 4.31 Å². The van der Waals surface area contributed by atoms with Gasteiger partial charge in [-0.05, 0) is 42.8 Å². The first-order valence-corrected chi connectivity index (χ1v) is 8.32. The van der Waals surface area contributed by atoms with Crippen molar-refractivity contribution < 1.29 is 18.3 Å². The van der Waals surface area contributed by atoms with Crippen LogP contribution in [0.3, 0.4) is 0 Å². The lowest BCUT2D eigenvalue weighted by Gasteiger charge is -2.24. The first-order chi connectivity index (χ1) is 10.5. The second-order valence-electron chi connectivity index (χ2n) is 4.74. The van der Waals surface area contributed by atoms with Gasteiger partial charge >= 0.3 is 5.97 Å². The number of rotatable bonds is 6. The minimum atomic E-state index is -3.66. The van der Waals surface area contributed by atoms with Gasteiger partial charge in [0.25, 0.3) is 10.0 Å². The molecule has 2 aromatic carbocycles. The zero-order chi connectivity index (χ0) is 16.2. The van der Waals surface area contributed by atoms with E-state index < -0.39 is 16.0 Å². The summed E-state index contributed by atoms with van der Waals surface area (Å²) in [5.41, 5.74) is 0.577. The summed E-state index contributed by atoms with van der Waals surface area (Å²) in [6, 6.07) is 14.0. The monoisotopic (exact) mass is 319 g/mol. The molecule has 22 heavy (non-hydrogen) atoms. The van der Waals surface area contributed by atoms with Gasteiger partial charge in [0.15, 0.2) is 0 Å². The molecule has 0 aliphatic carbocycles. The second-order valence-corrected chi connectivity index (χ2v) is 6.60. The van der Waals surface area contributed by atoms with Crippen LogP contribution in [0.4, 0.5) is 5.69 Å². The lowest BCUT2D eigenvalue weighted by molar-refractivity contribution is 0.0697. The molecule has 5 nitrogen and oxygen atoms in total. The van der Waals surface area contributed by atoms with E-state index in [4.69, 9.17) is 5.11 Å². The van der Waals surface area contributed by atoms with Gasteiger partial charge in [-0.25, -0.2) is 13.2 Å². The van der Waals surface area contributed by atoms with Crippen molar-refractivity contribution in [2.75, 3.05) is 10.8 Å². The smallest absolute Gasteiger partial charge is 0.335 e. The molecule has 0 heterocycles. The van der Waals surface area contributed by atoms with E-state index in [1.807, 2.05) is 6.92 Å². The van der Waals surface area contributed by atoms with Gasteiger partial charge in [-0.15, -0.1) is 0 Å². The van der Waals surface area contributed by atoms with Crippen LogP contribution >= 0.6 is 0 Å². The molecular weight excluding hydrogens is 302 g/mol. The Bertz CT molecular complexity index is 739. The zero-order valence-corrected chi connectivity index (χ0v) is 13.0. The highest BCUT2D eigenvalue weighted by atomic mass is 32.2. The molecule has 0 saturated heterocycles. The van der Waals surface area contributed by atoms with Gasteiger partial charge in [-0.1, -0.05) is 25.1 Å². The summed E-state index contributed by atoms with van der Waals surface area (Å²) in [6.07, 6.45) is 0.646. The van der Waals surface area contributed by atoms with Crippen molar-refractivity contribution in [1.82, 2.24) is 0 Å². The fourth-order valence-corrected chi connectivity index (χ4v) is 3.66. The lowest BCUT2D eigenvalue weighted by Crippen LogP contribution is -2.31. The molecule has 0 saturated carbocycles. The fraction of sp³-hybridized carbons (Fsp3) is 0.188. The maximum atomic E-state index is 12.8. The van der Waals surface area contributed by atoms with E-state index in [9.17, 15) is 13.2 Å². The molecule has 0 atom stereocenters. The molecule has 2 rings (SSSR count). The molecule has 0 aliphatic heterocycles. The van der Waals surface area contributed by atoms with Crippen molar-refractivity contribution in [3.63, 3.8) is 0 Å². The van der Waals surface area contributed by atoms with Crippen LogP contribution in [0, 0.1) is 0 Å². The van der Waals surface area contributed by atoms with Gasteiger partial charge in [0.1, 0.15) is 0 Å². The second kappa shape index (κ2) is 6.62. The summed E-state index contributed by atoms with van der Waals surface area (Å²) in [5, 5.41) is 8.92. The molecular formula is C16H17NO4S. The van der Waals surface area contributed by atoms with E-state index in [1.54, 1.807) is 30.3 Å². The number of carbonyl (C=O) groups is 1. The van der Waals surface area contributed by atoms with E-state index in [1.165, 1.54) is 28.6 Å². The number of hydrogen-bond acceptors (Lipinski definition) is 3. The van der Waals surface area contributed by atoms with Crippen LogP contribution in [0.5, 0.6) is 0 Å². The van der Waals surface area contributed by atoms with Crippen molar-refractivity contribution in [3.05, 3.63) is 60.2 Å². The quantitative estimate of drug-likeness (QED) is 0.888. The fourth-order valence-electron chi connectivity index (χ4n) is 2.08. The number of benzene rings is 2. The summed E-state index contributed by atoms with van der Waals surface area (Å²) >= 11 is 0. The maximum Gasteiger partial charge on any atom is 0.335 e. The number of carboxylic acid groups (broad SMARTS) is 1. The van der Waals surface area contributed by atoms with Gasteiger partial charge in [0, 0.05) is 6.54 Å². The average molecular weight is 319 g/mol. The van der Waals surface area contributed by atoms with Crippen molar-refractivity contribution in [3.8, 4) is 0 Å². The minimum absolute atomic E-state index is 0.123. The Morgan fingerprint density at radius 3 is 2.14 bits per heavy atom. The first kappa shape index (κ1) is 16.0. The van der Waals surface area contributed by atoms with E-state index in [-0.39, 0.29) is 10.5 Å². The topological polar surface area (TPSA) is 74.7 Å². The van der Waals surface area contributed by atoms with Crippen LogP contribution in [0.15, 0.2) is 59.5 Å². The van der Waals surface area contributed by atoms with Crippen LogP contribution in [0.1, 0.15) is 23.7 Å². The molecule has 0 bridgehead atoms. The van der Waals surface area contributed by atoms with Crippen molar-refractivity contribution in [2.45, 2.75) is 18.2 Å². The zero-order valence-electron chi connectivity index (χ0n) is 12.1.